The molecule has 0 aliphatic carbocycles. The number of hydrogen-bond donors (Lipinski definition) is 1. The molecule has 0 aliphatic heterocycles. The van der Waals surface area contributed by atoms with E-state index in [1.165, 1.54) is 16.9 Å². The fraction of sp³-hybridized carbons (Fsp3) is 0.136. The Bertz CT molecular complexity index is 1190. The zero-order chi connectivity index (χ0) is 20.5. The number of amides is 1. The van der Waals surface area contributed by atoms with E-state index in [1.54, 1.807) is 31.3 Å². The molecule has 1 amide bonds. The van der Waals surface area contributed by atoms with Crippen molar-refractivity contribution in [3.63, 3.8) is 0 Å². The number of hydrogen-bond acceptors (Lipinski definition) is 3. The highest BCUT2D eigenvalue weighted by Gasteiger charge is 2.19. The highest BCUT2D eigenvalue weighted by molar-refractivity contribution is 6.05. The molecule has 1 N–H and O–H groups in total. The first-order chi connectivity index (χ1) is 14.0. The van der Waals surface area contributed by atoms with Gasteiger partial charge in [0.25, 0.3) is 5.91 Å². The van der Waals surface area contributed by atoms with E-state index in [9.17, 15) is 9.18 Å². The fourth-order valence-corrected chi connectivity index (χ4v) is 3.42. The van der Waals surface area contributed by atoms with Crippen molar-refractivity contribution in [1.82, 2.24) is 19.3 Å². The highest BCUT2D eigenvalue weighted by atomic mass is 19.1. The van der Waals surface area contributed by atoms with Crippen molar-refractivity contribution in [3.05, 3.63) is 89.4 Å². The molecule has 0 saturated carbocycles. The summed E-state index contributed by atoms with van der Waals surface area (Å²) in [6, 6.07) is 13.9. The van der Waals surface area contributed by atoms with E-state index >= 15 is 0 Å². The number of benzene rings is 1. The molecule has 0 unspecified atom stereocenters. The molecule has 3 heterocycles. The van der Waals surface area contributed by atoms with Gasteiger partial charge in [0.2, 0.25) is 0 Å². The van der Waals surface area contributed by atoms with E-state index in [0.717, 1.165) is 17.2 Å². The predicted molar refractivity (Wildman–Crippen MR) is 109 cm³/mol. The standard InChI is InChI=1S/C22H20FN5O/c1-14-12-17(15(2)27(14)21-10-6-7-11-24-21)22(29)26-19-13-25-28(16(19)3)20-9-5-4-8-18(20)23/h4-13H,1-3H3,(H,26,29). The SMILES string of the molecule is Cc1c(NC(=O)c2cc(C)n(-c3ccccn3)c2C)cnn1-c1ccccc1F. The molecule has 146 valence electrons. The molecule has 0 fully saturated rings. The van der Waals surface area contributed by atoms with Crippen LogP contribution in [0.3, 0.4) is 0 Å². The van der Waals surface area contributed by atoms with E-state index in [0.29, 0.717) is 22.6 Å². The Balaban J connectivity index is 1.64. The van der Waals surface area contributed by atoms with Crippen LogP contribution in [0.5, 0.6) is 0 Å². The monoisotopic (exact) mass is 389 g/mol. The normalized spacial score (nSPS) is 10.9. The fourth-order valence-electron chi connectivity index (χ4n) is 3.42. The van der Waals surface area contributed by atoms with Gasteiger partial charge in [-0.2, -0.15) is 5.10 Å². The van der Waals surface area contributed by atoms with Crippen LogP contribution in [-0.4, -0.2) is 25.2 Å². The summed E-state index contributed by atoms with van der Waals surface area (Å²) in [5, 5.41) is 7.12. The molecule has 29 heavy (non-hydrogen) atoms. The van der Waals surface area contributed by atoms with E-state index in [2.05, 4.69) is 15.4 Å². The average molecular weight is 389 g/mol. The summed E-state index contributed by atoms with van der Waals surface area (Å²) in [5.74, 6) is 0.122. The maximum atomic E-state index is 14.1. The van der Waals surface area contributed by atoms with Crippen molar-refractivity contribution in [1.29, 1.82) is 0 Å². The van der Waals surface area contributed by atoms with Gasteiger partial charge in [0, 0.05) is 17.6 Å². The van der Waals surface area contributed by atoms with E-state index < -0.39 is 0 Å². The van der Waals surface area contributed by atoms with Gasteiger partial charge in [-0.1, -0.05) is 18.2 Å². The van der Waals surface area contributed by atoms with Crippen molar-refractivity contribution in [2.45, 2.75) is 20.8 Å². The molecule has 1 aromatic carbocycles. The van der Waals surface area contributed by atoms with Crippen LogP contribution in [0.1, 0.15) is 27.4 Å². The maximum Gasteiger partial charge on any atom is 0.257 e. The number of para-hydroxylation sites is 1. The largest absolute Gasteiger partial charge is 0.319 e. The number of nitrogens with zero attached hydrogens (tertiary/aromatic N) is 4. The highest BCUT2D eigenvalue weighted by Crippen LogP contribution is 2.23. The Morgan fingerprint density at radius 1 is 1.03 bits per heavy atom. The van der Waals surface area contributed by atoms with Crippen LogP contribution >= 0.6 is 0 Å². The smallest absolute Gasteiger partial charge is 0.257 e. The van der Waals surface area contributed by atoms with Gasteiger partial charge in [0.15, 0.2) is 0 Å². The molecule has 0 bridgehead atoms. The summed E-state index contributed by atoms with van der Waals surface area (Å²) in [6.45, 7) is 5.60. The maximum absolute atomic E-state index is 14.1. The minimum absolute atomic E-state index is 0.253. The second-order valence-electron chi connectivity index (χ2n) is 6.77. The minimum Gasteiger partial charge on any atom is -0.319 e. The molecule has 0 radical (unpaired) electrons. The van der Waals surface area contributed by atoms with Crippen molar-refractivity contribution >= 4 is 11.6 Å². The third-order valence-corrected chi connectivity index (χ3v) is 4.89. The van der Waals surface area contributed by atoms with Crippen LogP contribution < -0.4 is 5.32 Å². The van der Waals surface area contributed by atoms with Gasteiger partial charge in [0.05, 0.1) is 23.1 Å². The lowest BCUT2D eigenvalue weighted by molar-refractivity contribution is 0.102. The van der Waals surface area contributed by atoms with Gasteiger partial charge in [0.1, 0.15) is 17.3 Å². The number of halogens is 1. The topological polar surface area (TPSA) is 64.7 Å². The second-order valence-corrected chi connectivity index (χ2v) is 6.77. The Morgan fingerprint density at radius 3 is 2.52 bits per heavy atom. The van der Waals surface area contributed by atoms with Gasteiger partial charge < -0.3 is 9.88 Å². The van der Waals surface area contributed by atoms with Gasteiger partial charge in [-0.15, -0.1) is 0 Å². The predicted octanol–water partition coefficient (Wildman–Crippen LogP) is 4.37. The van der Waals surface area contributed by atoms with Crippen LogP contribution in [0.2, 0.25) is 0 Å². The lowest BCUT2D eigenvalue weighted by Crippen LogP contribution is -2.14. The molecule has 0 atom stereocenters. The van der Waals surface area contributed by atoms with E-state index in [-0.39, 0.29) is 11.7 Å². The number of aromatic nitrogens is 4. The number of carbonyl (C=O) groups excluding carboxylic acids is 1. The average Bonchev–Trinajstić information content (AvgIpc) is 3.22. The minimum atomic E-state index is -0.379. The molecule has 4 rings (SSSR count). The number of aryl methyl sites for hydroxylation is 1. The van der Waals surface area contributed by atoms with Crippen molar-refractivity contribution in [3.8, 4) is 11.5 Å². The molecule has 0 aliphatic rings. The summed E-state index contributed by atoms with van der Waals surface area (Å²) >= 11 is 0. The molecule has 0 saturated heterocycles. The third kappa shape index (κ3) is 3.31. The molecule has 3 aromatic heterocycles. The van der Waals surface area contributed by atoms with Gasteiger partial charge in [-0.25, -0.2) is 14.1 Å². The molecule has 4 aromatic rings. The zero-order valence-corrected chi connectivity index (χ0v) is 16.3. The Labute approximate surface area is 167 Å². The number of rotatable bonds is 4. The molecule has 0 spiro atoms. The second kappa shape index (κ2) is 7.35. The van der Waals surface area contributed by atoms with Crippen LogP contribution in [0, 0.1) is 26.6 Å². The number of nitrogens with one attached hydrogen (secondary N) is 1. The Hall–Kier alpha value is -3.74. The zero-order valence-electron chi connectivity index (χ0n) is 16.3. The Kier molecular flexibility index (Phi) is 4.72. The van der Waals surface area contributed by atoms with Crippen LogP contribution in [0.4, 0.5) is 10.1 Å². The van der Waals surface area contributed by atoms with Crippen LogP contribution in [0.15, 0.2) is 60.9 Å². The number of carbonyl (C=O) groups is 1. The van der Waals surface area contributed by atoms with Crippen molar-refractivity contribution < 1.29 is 9.18 Å². The summed E-state index contributed by atoms with van der Waals surface area (Å²) < 4.78 is 17.5. The molecular formula is C22H20FN5O. The first kappa shape index (κ1) is 18.6. The molecule has 6 nitrogen and oxygen atoms in total. The van der Waals surface area contributed by atoms with Crippen molar-refractivity contribution in [2.75, 3.05) is 5.32 Å². The van der Waals surface area contributed by atoms with E-state index in [1.807, 2.05) is 42.7 Å². The molecule has 7 heteroatoms. The van der Waals surface area contributed by atoms with Gasteiger partial charge in [-0.3, -0.25) is 4.79 Å². The van der Waals surface area contributed by atoms with Crippen molar-refractivity contribution in [2.24, 2.45) is 0 Å². The van der Waals surface area contributed by atoms with Gasteiger partial charge >= 0.3 is 0 Å². The lowest BCUT2D eigenvalue weighted by atomic mass is 10.2. The van der Waals surface area contributed by atoms with Crippen LogP contribution in [-0.2, 0) is 0 Å². The van der Waals surface area contributed by atoms with Crippen LogP contribution in [0.25, 0.3) is 11.5 Å². The quantitative estimate of drug-likeness (QED) is 0.564. The first-order valence-electron chi connectivity index (χ1n) is 9.18. The summed E-state index contributed by atoms with van der Waals surface area (Å²) in [4.78, 5) is 17.3. The first-order valence-corrected chi connectivity index (χ1v) is 9.18. The summed E-state index contributed by atoms with van der Waals surface area (Å²) in [6.07, 6.45) is 3.24. The molecular weight excluding hydrogens is 369 g/mol. The summed E-state index contributed by atoms with van der Waals surface area (Å²) in [5.41, 5.74) is 3.75. The van der Waals surface area contributed by atoms with Gasteiger partial charge in [-0.05, 0) is 51.1 Å². The summed E-state index contributed by atoms with van der Waals surface area (Å²) in [7, 11) is 0. The number of anilines is 1. The Morgan fingerprint density at radius 2 is 1.79 bits per heavy atom. The number of pyridine rings is 1. The van der Waals surface area contributed by atoms with E-state index in [4.69, 9.17) is 0 Å². The lowest BCUT2D eigenvalue weighted by Gasteiger charge is -2.09. The third-order valence-electron chi connectivity index (χ3n) is 4.89.